The van der Waals surface area contributed by atoms with Crippen molar-refractivity contribution in [3.63, 3.8) is 0 Å². The van der Waals surface area contributed by atoms with Gasteiger partial charge < -0.3 is 21.3 Å². The van der Waals surface area contributed by atoms with E-state index in [4.69, 9.17) is 11.5 Å². The number of likely N-dealkylation sites (N-methyl/N-ethyl adjacent to an activating group) is 2. The number of rotatable bonds is 12. The second-order valence-corrected chi connectivity index (χ2v) is 11.3. The SMILES string of the molecule is CC(N)C(=O)[C@@H](Cc1ccccc1)N(C)C(=O)[C@@H](Cc1ccc2ccccc2c1)N(C)C(=O)/C=C/CC(C)(C)N. The summed E-state index contributed by atoms with van der Waals surface area (Å²) >= 11 is 0. The minimum Gasteiger partial charge on any atom is -0.334 e. The van der Waals surface area contributed by atoms with Gasteiger partial charge in [0.05, 0.1) is 12.1 Å². The summed E-state index contributed by atoms with van der Waals surface area (Å²) in [6, 6.07) is 21.2. The van der Waals surface area contributed by atoms with Gasteiger partial charge in [0, 0.05) is 32.5 Å². The first-order valence-corrected chi connectivity index (χ1v) is 13.7. The maximum absolute atomic E-state index is 14.1. The third kappa shape index (κ3) is 8.34. The molecular formula is C33H42N4O3. The number of nitrogens with two attached hydrogens (primary N) is 2. The molecule has 0 aliphatic carbocycles. The lowest BCUT2D eigenvalue weighted by Crippen LogP contribution is -2.56. The second-order valence-electron chi connectivity index (χ2n) is 11.3. The van der Waals surface area contributed by atoms with E-state index in [1.54, 1.807) is 27.1 Å². The maximum Gasteiger partial charge on any atom is 0.246 e. The number of nitrogens with zero attached hydrogens (tertiary/aromatic N) is 2. The van der Waals surface area contributed by atoms with Gasteiger partial charge in [-0.05, 0) is 55.2 Å². The standard InChI is InChI=1S/C33H42N4O3/c1-23(34)31(39)28(21-24-12-7-6-8-13-24)37(5)32(40)29(36(4)30(38)16-11-19-33(2,3)35)22-25-17-18-26-14-9-10-15-27(26)20-25/h6-18,20,23,28-29H,19,21-22,34-35H2,1-5H3/b16-11+/t23?,28-,29-/m1/s1. The van der Waals surface area contributed by atoms with E-state index in [9.17, 15) is 14.4 Å². The van der Waals surface area contributed by atoms with Gasteiger partial charge in [0.15, 0.2) is 5.78 Å². The number of Topliss-reactive ketones (excluding diaryl/α,β-unsaturated/α-hetero) is 1. The molecule has 0 heterocycles. The summed E-state index contributed by atoms with van der Waals surface area (Å²) in [6.07, 6.45) is 4.33. The summed E-state index contributed by atoms with van der Waals surface area (Å²) in [6.45, 7) is 5.40. The summed E-state index contributed by atoms with van der Waals surface area (Å²) in [5.74, 6) is -0.871. The number of fused-ring (bicyclic) bond motifs is 1. The van der Waals surface area contributed by atoms with E-state index < -0.39 is 23.7 Å². The van der Waals surface area contributed by atoms with Gasteiger partial charge >= 0.3 is 0 Å². The number of carbonyl (C=O) groups is 3. The lowest BCUT2D eigenvalue weighted by atomic mass is 9.95. The highest BCUT2D eigenvalue weighted by molar-refractivity contribution is 5.96. The van der Waals surface area contributed by atoms with Crippen molar-refractivity contribution in [2.75, 3.05) is 14.1 Å². The van der Waals surface area contributed by atoms with Crippen LogP contribution < -0.4 is 11.5 Å². The first-order valence-electron chi connectivity index (χ1n) is 13.7. The maximum atomic E-state index is 14.1. The van der Waals surface area contributed by atoms with Crippen LogP contribution in [-0.4, -0.2) is 65.2 Å². The van der Waals surface area contributed by atoms with E-state index >= 15 is 0 Å². The third-order valence-corrected chi connectivity index (χ3v) is 7.11. The fourth-order valence-corrected chi connectivity index (χ4v) is 4.67. The number of benzene rings is 3. The van der Waals surface area contributed by atoms with Gasteiger partial charge in [-0.2, -0.15) is 0 Å². The Morgan fingerprint density at radius 3 is 2.05 bits per heavy atom. The van der Waals surface area contributed by atoms with E-state index in [1.165, 1.54) is 15.9 Å². The molecule has 7 nitrogen and oxygen atoms in total. The Hall–Kier alpha value is -3.81. The van der Waals surface area contributed by atoms with Gasteiger partial charge in [-0.1, -0.05) is 78.9 Å². The van der Waals surface area contributed by atoms with E-state index in [0.29, 0.717) is 12.8 Å². The lowest BCUT2D eigenvalue weighted by molar-refractivity contribution is -0.145. The molecule has 0 aromatic heterocycles. The minimum absolute atomic E-state index is 0.233. The van der Waals surface area contributed by atoms with E-state index in [0.717, 1.165) is 21.9 Å². The molecule has 2 amide bonds. The van der Waals surface area contributed by atoms with Crippen LogP contribution in [0, 0.1) is 0 Å². The predicted octanol–water partition coefficient (Wildman–Crippen LogP) is 3.88. The largest absolute Gasteiger partial charge is 0.334 e. The van der Waals surface area contributed by atoms with Crippen LogP contribution in [0.3, 0.4) is 0 Å². The van der Waals surface area contributed by atoms with Crippen molar-refractivity contribution in [3.05, 3.63) is 96.1 Å². The van der Waals surface area contributed by atoms with Crippen molar-refractivity contribution >= 4 is 28.4 Å². The van der Waals surface area contributed by atoms with Crippen molar-refractivity contribution in [1.29, 1.82) is 0 Å². The quantitative estimate of drug-likeness (QED) is 0.338. The van der Waals surface area contributed by atoms with Crippen LogP contribution in [0.15, 0.2) is 84.9 Å². The molecule has 0 aliphatic heterocycles. The van der Waals surface area contributed by atoms with Crippen molar-refractivity contribution in [2.45, 2.75) is 63.7 Å². The molecule has 0 bridgehead atoms. The Morgan fingerprint density at radius 1 is 0.825 bits per heavy atom. The summed E-state index contributed by atoms with van der Waals surface area (Å²) < 4.78 is 0. The second kappa shape index (κ2) is 13.5. The van der Waals surface area contributed by atoms with E-state index in [2.05, 4.69) is 0 Å². The van der Waals surface area contributed by atoms with Gasteiger partial charge in [-0.25, -0.2) is 0 Å². The van der Waals surface area contributed by atoms with Gasteiger partial charge in [-0.15, -0.1) is 0 Å². The topological polar surface area (TPSA) is 110 Å². The smallest absolute Gasteiger partial charge is 0.246 e. The molecule has 0 fully saturated rings. The molecule has 0 spiro atoms. The Balaban J connectivity index is 1.95. The van der Waals surface area contributed by atoms with Crippen molar-refractivity contribution in [2.24, 2.45) is 11.5 Å². The fourth-order valence-electron chi connectivity index (χ4n) is 4.67. The van der Waals surface area contributed by atoms with Crippen LogP contribution >= 0.6 is 0 Å². The molecule has 7 heteroatoms. The van der Waals surface area contributed by atoms with E-state index in [1.807, 2.05) is 86.6 Å². The molecule has 0 saturated heterocycles. The first-order chi connectivity index (χ1) is 18.9. The lowest BCUT2D eigenvalue weighted by Gasteiger charge is -2.35. The van der Waals surface area contributed by atoms with Gasteiger partial charge in [0.2, 0.25) is 11.8 Å². The summed E-state index contributed by atoms with van der Waals surface area (Å²) in [5, 5.41) is 2.14. The van der Waals surface area contributed by atoms with Crippen molar-refractivity contribution in [1.82, 2.24) is 9.80 Å². The number of ketones is 1. The summed E-state index contributed by atoms with van der Waals surface area (Å²) in [5.41, 5.74) is 13.4. The fraction of sp³-hybridized carbons (Fsp3) is 0.364. The van der Waals surface area contributed by atoms with Gasteiger partial charge in [0.25, 0.3) is 0 Å². The molecule has 1 unspecified atom stereocenters. The Morgan fingerprint density at radius 2 is 1.43 bits per heavy atom. The average Bonchev–Trinajstić information content (AvgIpc) is 2.92. The minimum atomic E-state index is -0.839. The number of amides is 2. The molecule has 0 aliphatic rings. The van der Waals surface area contributed by atoms with Crippen molar-refractivity contribution < 1.29 is 14.4 Å². The molecule has 3 aromatic carbocycles. The number of carbonyl (C=O) groups excluding carboxylic acids is 3. The molecule has 3 rings (SSSR count). The highest BCUT2D eigenvalue weighted by Gasteiger charge is 2.35. The molecule has 3 atom stereocenters. The Labute approximate surface area is 237 Å². The Kier molecular flexibility index (Phi) is 10.4. The number of hydrogen-bond donors (Lipinski definition) is 2. The van der Waals surface area contributed by atoms with Crippen LogP contribution in [0.1, 0.15) is 38.3 Å². The monoisotopic (exact) mass is 542 g/mol. The zero-order chi connectivity index (χ0) is 29.4. The molecule has 0 saturated carbocycles. The van der Waals surface area contributed by atoms with E-state index in [-0.39, 0.29) is 24.0 Å². The predicted molar refractivity (Wildman–Crippen MR) is 162 cm³/mol. The third-order valence-electron chi connectivity index (χ3n) is 7.11. The zero-order valence-corrected chi connectivity index (χ0v) is 24.2. The molecule has 212 valence electrons. The normalized spacial score (nSPS) is 14.1. The van der Waals surface area contributed by atoms with Gasteiger partial charge in [-0.3, -0.25) is 14.4 Å². The molecular weight excluding hydrogens is 500 g/mol. The Bertz CT molecular complexity index is 1340. The molecule has 4 N–H and O–H groups in total. The summed E-state index contributed by atoms with van der Waals surface area (Å²) in [4.78, 5) is 43.5. The van der Waals surface area contributed by atoms with Crippen LogP contribution in [0.25, 0.3) is 10.8 Å². The van der Waals surface area contributed by atoms with Crippen molar-refractivity contribution in [3.8, 4) is 0 Å². The molecule has 0 radical (unpaired) electrons. The molecule has 40 heavy (non-hydrogen) atoms. The van der Waals surface area contributed by atoms with Gasteiger partial charge in [0.1, 0.15) is 6.04 Å². The molecule has 3 aromatic rings. The zero-order valence-electron chi connectivity index (χ0n) is 24.2. The van der Waals surface area contributed by atoms with Crippen LogP contribution in [0.5, 0.6) is 0 Å². The average molecular weight is 543 g/mol. The highest BCUT2D eigenvalue weighted by Crippen LogP contribution is 2.20. The first kappa shape index (κ1) is 30.7. The highest BCUT2D eigenvalue weighted by atomic mass is 16.2. The van der Waals surface area contributed by atoms with Crippen LogP contribution in [0.4, 0.5) is 0 Å². The van der Waals surface area contributed by atoms with Crippen LogP contribution in [-0.2, 0) is 27.2 Å². The summed E-state index contributed by atoms with van der Waals surface area (Å²) in [7, 11) is 3.24. The van der Waals surface area contributed by atoms with Crippen LogP contribution in [0.2, 0.25) is 0 Å². The number of hydrogen-bond acceptors (Lipinski definition) is 5.